The molecule has 0 radical (unpaired) electrons. The van der Waals surface area contributed by atoms with Crippen molar-refractivity contribution in [2.24, 2.45) is 5.73 Å². The van der Waals surface area contributed by atoms with E-state index in [9.17, 15) is 9.18 Å². The molecule has 0 aliphatic carbocycles. The van der Waals surface area contributed by atoms with Crippen LogP contribution in [-0.2, 0) is 24.2 Å². The van der Waals surface area contributed by atoms with E-state index in [-0.39, 0.29) is 18.1 Å². The number of amides is 1. The standard InChI is InChI=1S/C19H21FN2O2/c20-17-4-2-1-3-14(17)10-16(21)11-19(23)22-12-13-5-6-18-15(9-13)7-8-24-18/h1-6,9,16H,7-8,10-12,21H2,(H,22,23)/t16-/m1/s1. The van der Waals surface area contributed by atoms with Crippen LogP contribution in [0.1, 0.15) is 23.1 Å². The Balaban J connectivity index is 1.48. The zero-order valence-electron chi connectivity index (χ0n) is 13.4. The fraction of sp³-hybridized carbons (Fsp3) is 0.316. The van der Waals surface area contributed by atoms with Crippen molar-refractivity contribution >= 4 is 5.91 Å². The largest absolute Gasteiger partial charge is 0.493 e. The number of fused-ring (bicyclic) bond motifs is 1. The van der Waals surface area contributed by atoms with Gasteiger partial charge >= 0.3 is 0 Å². The van der Waals surface area contributed by atoms with E-state index < -0.39 is 6.04 Å². The molecule has 1 amide bonds. The lowest BCUT2D eigenvalue weighted by Crippen LogP contribution is -2.33. The highest BCUT2D eigenvalue weighted by atomic mass is 19.1. The summed E-state index contributed by atoms with van der Waals surface area (Å²) < 4.78 is 19.1. The summed E-state index contributed by atoms with van der Waals surface area (Å²) in [4.78, 5) is 12.0. The lowest BCUT2D eigenvalue weighted by Gasteiger charge is -2.13. The molecule has 3 N–H and O–H groups in total. The minimum atomic E-state index is -0.407. The molecule has 0 spiro atoms. The van der Waals surface area contributed by atoms with Gasteiger partial charge in [0.25, 0.3) is 0 Å². The van der Waals surface area contributed by atoms with Crippen LogP contribution in [0.2, 0.25) is 0 Å². The molecule has 1 heterocycles. The molecule has 5 heteroatoms. The molecule has 0 fully saturated rings. The molecule has 3 rings (SSSR count). The molecule has 4 nitrogen and oxygen atoms in total. The van der Waals surface area contributed by atoms with E-state index >= 15 is 0 Å². The van der Waals surface area contributed by atoms with Crippen molar-refractivity contribution in [3.05, 3.63) is 65.0 Å². The second-order valence-electron chi connectivity index (χ2n) is 6.08. The number of halogens is 1. The molecular weight excluding hydrogens is 307 g/mol. The maximum absolute atomic E-state index is 13.6. The molecule has 1 atom stereocenters. The van der Waals surface area contributed by atoms with Crippen LogP contribution in [-0.4, -0.2) is 18.6 Å². The van der Waals surface area contributed by atoms with Crippen molar-refractivity contribution in [2.45, 2.75) is 31.8 Å². The van der Waals surface area contributed by atoms with Crippen LogP contribution >= 0.6 is 0 Å². The molecule has 0 unspecified atom stereocenters. The Kier molecular flexibility index (Phi) is 5.11. The van der Waals surface area contributed by atoms with Gasteiger partial charge in [-0.3, -0.25) is 4.79 Å². The number of carbonyl (C=O) groups is 1. The van der Waals surface area contributed by atoms with Gasteiger partial charge in [-0.1, -0.05) is 30.3 Å². The number of nitrogens with one attached hydrogen (secondary N) is 1. The average molecular weight is 328 g/mol. The van der Waals surface area contributed by atoms with Crippen LogP contribution in [0, 0.1) is 5.82 Å². The van der Waals surface area contributed by atoms with E-state index in [2.05, 4.69) is 11.4 Å². The second-order valence-corrected chi connectivity index (χ2v) is 6.08. The number of rotatable bonds is 6. The summed E-state index contributed by atoms with van der Waals surface area (Å²) in [5, 5.41) is 2.87. The number of nitrogens with two attached hydrogens (primary N) is 1. The van der Waals surface area contributed by atoms with Gasteiger partial charge in [-0.15, -0.1) is 0 Å². The third kappa shape index (κ3) is 4.11. The molecule has 24 heavy (non-hydrogen) atoms. The van der Waals surface area contributed by atoms with E-state index in [4.69, 9.17) is 10.5 Å². The Morgan fingerprint density at radius 2 is 2.12 bits per heavy atom. The minimum absolute atomic E-state index is 0.129. The Labute approximate surface area is 140 Å². The van der Waals surface area contributed by atoms with E-state index in [0.29, 0.717) is 18.5 Å². The maximum Gasteiger partial charge on any atom is 0.221 e. The highest BCUT2D eigenvalue weighted by molar-refractivity contribution is 5.76. The average Bonchev–Trinajstić information content (AvgIpc) is 3.02. The first-order chi connectivity index (χ1) is 11.6. The zero-order chi connectivity index (χ0) is 16.9. The van der Waals surface area contributed by atoms with Crippen molar-refractivity contribution in [2.75, 3.05) is 6.61 Å². The van der Waals surface area contributed by atoms with E-state index in [1.807, 2.05) is 12.1 Å². The lowest BCUT2D eigenvalue weighted by molar-refractivity contribution is -0.121. The molecule has 0 bridgehead atoms. The van der Waals surface area contributed by atoms with Gasteiger partial charge < -0.3 is 15.8 Å². The highest BCUT2D eigenvalue weighted by Gasteiger charge is 2.14. The van der Waals surface area contributed by atoms with Crippen molar-refractivity contribution < 1.29 is 13.9 Å². The Hall–Kier alpha value is -2.40. The summed E-state index contributed by atoms with van der Waals surface area (Å²) >= 11 is 0. The molecule has 0 saturated carbocycles. The van der Waals surface area contributed by atoms with Gasteiger partial charge in [0.1, 0.15) is 11.6 Å². The van der Waals surface area contributed by atoms with E-state index in [1.165, 1.54) is 11.6 Å². The molecule has 1 aliphatic rings. The van der Waals surface area contributed by atoms with E-state index in [1.54, 1.807) is 18.2 Å². The molecule has 2 aromatic carbocycles. The second kappa shape index (κ2) is 7.45. The maximum atomic E-state index is 13.6. The zero-order valence-corrected chi connectivity index (χ0v) is 13.4. The van der Waals surface area contributed by atoms with Crippen LogP contribution in [0.5, 0.6) is 5.75 Å². The van der Waals surface area contributed by atoms with Crippen molar-refractivity contribution in [1.82, 2.24) is 5.32 Å². The van der Waals surface area contributed by atoms with Gasteiger partial charge in [-0.2, -0.15) is 0 Å². The van der Waals surface area contributed by atoms with Crippen LogP contribution < -0.4 is 15.8 Å². The van der Waals surface area contributed by atoms with Crippen LogP contribution in [0.25, 0.3) is 0 Å². The van der Waals surface area contributed by atoms with Crippen molar-refractivity contribution in [1.29, 1.82) is 0 Å². The minimum Gasteiger partial charge on any atom is -0.493 e. The highest BCUT2D eigenvalue weighted by Crippen LogP contribution is 2.25. The van der Waals surface area contributed by atoms with Crippen LogP contribution in [0.15, 0.2) is 42.5 Å². The number of hydrogen-bond donors (Lipinski definition) is 2. The van der Waals surface area contributed by atoms with Gasteiger partial charge in [0.15, 0.2) is 0 Å². The quantitative estimate of drug-likeness (QED) is 0.855. The molecule has 0 saturated heterocycles. The topological polar surface area (TPSA) is 64.4 Å². The lowest BCUT2D eigenvalue weighted by atomic mass is 10.0. The Morgan fingerprint density at radius 1 is 1.29 bits per heavy atom. The molecular formula is C19H21FN2O2. The van der Waals surface area contributed by atoms with Crippen LogP contribution in [0.3, 0.4) is 0 Å². The predicted molar refractivity (Wildman–Crippen MR) is 90.2 cm³/mol. The van der Waals surface area contributed by atoms with E-state index in [0.717, 1.165) is 24.3 Å². The number of benzene rings is 2. The summed E-state index contributed by atoms with van der Waals surface area (Å²) in [6, 6.07) is 12.0. The first kappa shape index (κ1) is 16.5. The van der Waals surface area contributed by atoms with Gasteiger partial charge in [-0.25, -0.2) is 4.39 Å². The summed E-state index contributed by atoms with van der Waals surface area (Å²) in [7, 11) is 0. The molecule has 2 aromatic rings. The van der Waals surface area contributed by atoms with Crippen molar-refractivity contribution in [3.63, 3.8) is 0 Å². The van der Waals surface area contributed by atoms with Gasteiger partial charge in [0.2, 0.25) is 5.91 Å². The fourth-order valence-corrected chi connectivity index (χ4v) is 2.88. The summed E-state index contributed by atoms with van der Waals surface area (Å²) in [5.74, 6) is 0.515. The van der Waals surface area contributed by atoms with Crippen LogP contribution in [0.4, 0.5) is 4.39 Å². The Bertz CT molecular complexity index is 733. The van der Waals surface area contributed by atoms with Gasteiger partial charge in [0, 0.05) is 25.4 Å². The molecule has 0 aromatic heterocycles. The number of ether oxygens (including phenoxy) is 1. The SMILES string of the molecule is N[C@@H](CC(=O)NCc1ccc2c(c1)CCO2)Cc1ccccc1F. The number of carbonyl (C=O) groups excluding carboxylic acids is 1. The molecule has 126 valence electrons. The first-order valence-electron chi connectivity index (χ1n) is 8.12. The predicted octanol–water partition coefficient (Wildman–Crippen LogP) is 2.34. The third-order valence-electron chi connectivity index (χ3n) is 4.13. The number of hydrogen-bond acceptors (Lipinski definition) is 3. The monoisotopic (exact) mass is 328 g/mol. The summed E-state index contributed by atoms with van der Waals surface area (Å²) in [6.45, 7) is 1.18. The normalized spacial score (nSPS) is 13.9. The Morgan fingerprint density at radius 3 is 2.96 bits per heavy atom. The molecule has 1 aliphatic heterocycles. The third-order valence-corrected chi connectivity index (χ3v) is 4.13. The first-order valence-corrected chi connectivity index (χ1v) is 8.12. The van der Waals surface area contributed by atoms with Crippen molar-refractivity contribution in [3.8, 4) is 5.75 Å². The van der Waals surface area contributed by atoms with Gasteiger partial charge in [0.05, 0.1) is 6.61 Å². The smallest absolute Gasteiger partial charge is 0.221 e. The fourth-order valence-electron chi connectivity index (χ4n) is 2.88. The van der Waals surface area contributed by atoms with Gasteiger partial charge in [-0.05, 0) is 35.2 Å². The summed E-state index contributed by atoms with van der Waals surface area (Å²) in [6.07, 6.45) is 1.42. The summed E-state index contributed by atoms with van der Waals surface area (Å²) in [5.41, 5.74) is 8.73.